The topological polar surface area (TPSA) is 107 Å². The summed E-state index contributed by atoms with van der Waals surface area (Å²) < 4.78 is 59.4. The quantitative estimate of drug-likeness (QED) is 0.646. The molecule has 1 saturated heterocycles. The molecule has 2 aliphatic rings. The zero-order chi connectivity index (χ0) is 24.1. The second-order valence-electron chi connectivity index (χ2n) is 7.78. The van der Waals surface area contributed by atoms with Gasteiger partial charge < -0.3 is 15.3 Å². The molecular formula is C20H28F3N3O5S. The minimum absolute atomic E-state index is 0.0439. The number of sulfonamides is 1. The van der Waals surface area contributed by atoms with Crippen LogP contribution >= 0.6 is 0 Å². The first kappa shape index (κ1) is 26.1. The van der Waals surface area contributed by atoms with Crippen molar-refractivity contribution in [3.8, 4) is 0 Å². The number of halogens is 3. The Morgan fingerprint density at radius 1 is 1.16 bits per heavy atom. The number of aliphatic carboxylic acids is 1. The van der Waals surface area contributed by atoms with Gasteiger partial charge in [0.15, 0.2) is 0 Å². The maximum Gasteiger partial charge on any atom is 0.490 e. The van der Waals surface area contributed by atoms with Crippen molar-refractivity contribution in [2.75, 3.05) is 32.7 Å². The number of carboxylic acids is 1. The number of nitrogens with one attached hydrogen (secondary N) is 1. The molecule has 32 heavy (non-hydrogen) atoms. The number of carboxylic acid groups (broad SMARTS) is 1. The van der Waals surface area contributed by atoms with E-state index in [2.05, 4.69) is 5.32 Å². The number of carbonyl (C=O) groups is 2. The third-order valence-corrected chi connectivity index (χ3v) is 7.25. The van der Waals surface area contributed by atoms with Crippen molar-refractivity contribution in [1.82, 2.24) is 14.5 Å². The number of amides is 1. The van der Waals surface area contributed by atoms with Crippen LogP contribution in [0.15, 0.2) is 23.1 Å². The molecule has 1 heterocycles. The van der Waals surface area contributed by atoms with Gasteiger partial charge in [-0.05, 0) is 49.9 Å². The van der Waals surface area contributed by atoms with Crippen molar-refractivity contribution >= 4 is 21.9 Å². The van der Waals surface area contributed by atoms with E-state index in [9.17, 15) is 26.4 Å². The highest BCUT2D eigenvalue weighted by Crippen LogP contribution is 2.32. The lowest BCUT2D eigenvalue weighted by Gasteiger charge is -2.29. The fraction of sp³-hybridized carbons (Fsp3) is 0.600. The van der Waals surface area contributed by atoms with Crippen LogP contribution in [0.25, 0.3) is 0 Å². The SMILES string of the molecule is Cc1ccc(S(=O)(=O)N(CCC(=O)N2CCNCC2)C2CC2)cc1C.O=C(O)C(F)(F)F. The maximum atomic E-state index is 13.1. The normalized spacial score (nSPS) is 17.0. The molecular weight excluding hydrogens is 451 g/mol. The number of carbonyl (C=O) groups excluding carboxylic acids is 1. The maximum absolute atomic E-state index is 13.1. The Hall–Kier alpha value is -2.18. The fourth-order valence-electron chi connectivity index (χ4n) is 3.15. The molecule has 0 radical (unpaired) electrons. The van der Waals surface area contributed by atoms with Crippen LogP contribution in [0.1, 0.15) is 30.4 Å². The van der Waals surface area contributed by atoms with E-state index in [-0.39, 0.29) is 24.9 Å². The van der Waals surface area contributed by atoms with Crippen molar-refractivity contribution in [3.63, 3.8) is 0 Å². The lowest BCUT2D eigenvalue weighted by molar-refractivity contribution is -0.192. The van der Waals surface area contributed by atoms with E-state index in [0.717, 1.165) is 37.1 Å². The van der Waals surface area contributed by atoms with Crippen LogP contribution in [0.4, 0.5) is 13.2 Å². The molecule has 2 fully saturated rings. The third kappa shape index (κ3) is 7.17. The minimum Gasteiger partial charge on any atom is -0.475 e. The summed E-state index contributed by atoms with van der Waals surface area (Å²) in [5.41, 5.74) is 2.04. The number of piperazine rings is 1. The number of aryl methyl sites for hydroxylation is 2. The molecule has 0 atom stereocenters. The number of rotatable bonds is 6. The van der Waals surface area contributed by atoms with Gasteiger partial charge in [0.2, 0.25) is 15.9 Å². The standard InChI is InChI=1S/C18H27N3O3S.C2HF3O2/c1-14-3-6-17(13-15(14)2)25(23,24)21(16-4-5-16)10-7-18(22)20-11-8-19-9-12-20;3-2(4,5)1(6)7/h3,6,13,16,19H,4-5,7-12H2,1-2H3;(H,6,7). The largest absolute Gasteiger partial charge is 0.490 e. The van der Waals surface area contributed by atoms with Gasteiger partial charge in [0.25, 0.3) is 0 Å². The molecule has 2 N–H and O–H groups in total. The minimum atomic E-state index is -5.08. The van der Waals surface area contributed by atoms with Crippen LogP contribution in [0.5, 0.6) is 0 Å². The molecule has 1 aromatic rings. The summed E-state index contributed by atoms with van der Waals surface area (Å²) in [5, 5.41) is 10.3. The molecule has 0 bridgehead atoms. The highest BCUT2D eigenvalue weighted by molar-refractivity contribution is 7.89. The average molecular weight is 480 g/mol. The second-order valence-corrected chi connectivity index (χ2v) is 9.67. The Bertz CT molecular complexity index is 927. The summed E-state index contributed by atoms with van der Waals surface area (Å²) in [4.78, 5) is 23.4. The molecule has 3 rings (SSSR count). The summed E-state index contributed by atoms with van der Waals surface area (Å²) in [7, 11) is -3.55. The van der Waals surface area contributed by atoms with Gasteiger partial charge in [-0.2, -0.15) is 17.5 Å². The average Bonchev–Trinajstić information content (AvgIpc) is 3.55. The van der Waals surface area contributed by atoms with Crippen molar-refractivity contribution < 1.29 is 36.3 Å². The summed E-state index contributed by atoms with van der Waals surface area (Å²) in [6.07, 6.45) is -3.07. The molecule has 180 valence electrons. The van der Waals surface area contributed by atoms with Crippen molar-refractivity contribution in [1.29, 1.82) is 0 Å². The number of benzene rings is 1. The molecule has 1 saturated carbocycles. The van der Waals surface area contributed by atoms with Crippen LogP contribution in [-0.2, 0) is 19.6 Å². The Morgan fingerprint density at radius 2 is 1.72 bits per heavy atom. The van der Waals surface area contributed by atoms with E-state index >= 15 is 0 Å². The Balaban J connectivity index is 0.000000451. The highest BCUT2D eigenvalue weighted by atomic mass is 32.2. The number of alkyl halides is 3. The molecule has 0 unspecified atom stereocenters. The van der Waals surface area contributed by atoms with E-state index in [1.165, 1.54) is 4.31 Å². The first-order valence-electron chi connectivity index (χ1n) is 10.2. The van der Waals surface area contributed by atoms with Crippen LogP contribution in [0, 0.1) is 13.8 Å². The van der Waals surface area contributed by atoms with Gasteiger partial charge in [0.1, 0.15) is 0 Å². The van der Waals surface area contributed by atoms with E-state index < -0.39 is 22.2 Å². The number of hydrogen-bond donors (Lipinski definition) is 2. The van der Waals surface area contributed by atoms with Crippen LogP contribution in [0.3, 0.4) is 0 Å². The first-order chi connectivity index (χ1) is 14.8. The van der Waals surface area contributed by atoms with Gasteiger partial charge >= 0.3 is 12.1 Å². The Labute approximate surface area is 185 Å². The predicted molar refractivity (Wildman–Crippen MR) is 111 cm³/mol. The molecule has 1 aromatic carbocycles. The van der Waals surface area contributed by atoms with Crippen LogP contribution < -0.4 is 5.32 Å². The zero-order valence-electron chi connectivity index (χ0n) is 18.0. The van der Waals surface area contributed by atoms with Gasteiger partial charge in [-0.3, -0.25) is 4.79 Å². The number of hydrogen-bond acceptors (Lipinski definition) is 5. The van der Waals surface area contributed by atoms with Gasteiger partial charge in [-0.1, -0.05) is 6.07 Å². The van der Waals surface area contributed by atoms with E-state index in [1.54, 1.807) is 12.1 Å². The molecule has 1 amide bonds. The van der Waals surface area contributed by atoms with Crippen LogP contribution in [-0.4, -0.2) is 79.5 Å². The van der Waals surface area contributed by atoms with Gasteiger partial charge in [-0.25, -0.2) is 13.2 Å². The lowest BCUT2D eigenvalue weighted by Crippen LogP contribution is -2.47. The summed E-state index contributed by atoms with van der Waals surface area (Å²) in [5.74, 6) is -2.71. The van der Waals surface area contributed by atoms with E-state index in [4.69, 9.17) is 9.90 Å². The smallest absolute Gasteiger partial charge is 0.475 e. The molecule has 8 nitrogen and oxygen atoms in total. The monoisotopic (exact) mass is 479 g/mol. The molecule has 1 aliphatic carbocycles. The Kier molecular flexibility index (Phi) is 8.66. The molecule has 0 spiro atoms. The summed E-state index contributed by atoms with van der Waals surface area (Å²) in [6, 6.07) is 5.30. The van der Waals surface area contributed by atoms with Gasteiger partial charge in [0, 0.05) is 45.2 Å². The molecule has 12 heteroatoms. The van der Waals surface area contributed by atoms with Crippen molar-refractivity contribution in [2.45, 2.75) is 50.2 Å². The zero-order valence-corrected chi connectivity index (χ0v) is 18.8. The fourth-order valence-corrected chi connectivity index (χ4v) is 4.92. The summed E-state index contributed by atoms with van der Waals surface area (Å²) in [6.45, 7) is 7.17. The summed E-state index contributed by atoms with van der Waals surface area (Å²) >= 11 is 0. The van der Waals surface area contributed by atoms with Crippen LogP contribution in [0.2, 0.25) is 0 Å². The molecule has 0 aromatic heterocycles. The predicted octanol–water partition coefficient (Wildman–Crippen LogP) is 1.91. The highest BCUT2D eigenvalue weighted by Gasteiger charge is 2.39. The van der Waals surface area contributed by atoms with Crippen molar-refractivity contribution in [2.24, 2.45) is 0 Å². The van der Waals surface area contributed by atoms with Crippen molar-refractivity contribution in [3.05, 3.63) is 29.3 Å². The second kappa shape index (κ2) is 10.6. The van der Waals surface area contributed by atoms with E-state index in [0.29, 0.717) is 18.0 Å². The molecule has 1 aliphatic heterocycles. The third-order valence-electron chi connectivity index (χ3n) is 5.30. The van der Waals surface area contributed by atoms with Gasteiger partial charge in [-0.15, -0.1) is 0 Å². The first-order valence-corrected chi connectivity index (χ1v) is 11.7. The Morgan fingerprint density at radius 3 is 2.19 bits per heavy atom. The lowest BCUT2D eigenvalue weighted by atomic mass is 10.1. The van der Waals surface area contributed by atoms with Gasteiger partial charge in [0.05, 0.1) is 4.90 Å². The number of nitrogens with zero attached hydrogens (tertiary/aromatic N) is 2. The van der Waals surface area contributed by atoms with E-state index in [1.807, 2.05) is 24.8 Å².